The minimum atomic E-state index is -0.602. The molecule has 1 aliphatic heterocycles. The fourth-order valence-corrected chi connectivity index (χ4v) is 3.54. The lowest BCUT2D eigenvalue weighted by molar-refractivity contribution is 0.0880. The number of anilines is 1. The molecular formula is C20H15N3O3S. The molecule has 0 saturated carbocycles. The Morgan fingerprint density at radius 3 is 2.07 bits per heavy atom. The van der Waals surface area contributed by atoms with Gasteiger partial charge in [0.15, 0.2) is 0 Å². The highest BCUT2D eigenvalue weighted by molar-refractivity contribution is 7.98. The van der Waals surface area contributed by atoms with Crippen molar-refractivity contribution in [1.29, 1.82) is 0 Å². The van der Waals surface area contributed by atoms with Gasteiger partial charge in [-0.15, -0.1) is 11.8 Å². The van der Waals surface area contributed by atoms with Crippen molar-refractivity contribution in [3.05, 3.63) is 76.1 Å². The Labute approximate surface area is 159 Å². The highest BCUT2D eigenvalue weighted by atomic mass is 32.2. The number of carbonyl (C=O) groups is 2. The zero-order valence-corrected chi connectivity index (χ0v) is 15.2. The summed E-state index contributed by atoms with van der Waals surface area (Å²) in [6.45, 7) is 0. The van der Waals surface area contributed by atoms with Crippen LogP contribution in [0.25, 0.3) is 16.8 Å². The standard InChI is InChI=1S/C20H15N3O3S/c1-27-14-8-4-12(5-9-14)11-2-6-13(7-3-11)23-16(24)10-15-17(18(23)21)20(26)22-19(15)25/h2-10H,21H2,1H3,(H,22,25,26). The van der Waals surface area contributed by atoms with Gasteiger partial charge in [0.1, 0.15) is 5.82 Å². The lowest BCUT2D eigenvalue weighted by Gasteiger charge is -2.12. The molecule has 27 heavy (non-hydrogen) atoms. The van der Waals surface area contributed by atoms with Crippen molar-refractivity contribution in [2.75, 3.05) is 12.0 Å². The van der Waals surface area contributed by atoms with Gasteiger partial charge < -0.3 is 5.73 Å². The van der Waals surface area contributed by atoms with Crippen LogP contribution >= 0.6 is 11.8 Å². The number of carbonyl (C=O) groups excluding carboxylic acids is 2. The summed E-state index contributed by atoms with van der Waals surface area (Å²) in [7, 11) is 0. The third-order valence-electron chi connectivity index (χ3n) is 4.50. The number of nitrogen functional groups attached to an aromatic ring is 1. The average molecular weight is 377 g/mol. The van der Waals surface area contributed by atoms with E-state index in [1.54, 1.807) is 23.9 Å². The molecule has 4 rings (SSSR count). The average Bonchev–Trinajstić information content (AvgIpc) is 2.96. The van der Waals surface area contributed by atoms with Gasteiger partial charge in [0, 0.05) is 11.0 Å². The molecule has 2 amide bonds. The van der Waals surface area contributed by atoms with E-state index in [4.69, 9.17) is 5.73 Å². The minimum absolute atomic E-state index is 0.0178. The second-order valence-electron chi connectivity index (χ2n) is 6.05. The van der Waals surface area contributed by atoms with Crippen LogP contribution in [-0.2, 0) is 0 Å². The summed E-state index contributed by atoms with van der Waals surface area (Å²) in [6, 6.07) is 16.6. The molecule has 0 spiro atoms. The first-order valence-corrected chi connectivity index (χ1v) is 9.38. The summed E-state index contributed by atoms with van der Waals surface area (Å²) in [6.07, 6.45) is 2.02. The van der Waals surface area contributed by atoms with Gasteiger partial charge in [0.25, 0.3) is 17.4 Å². The van der Waals surface area contributed by atoms with E-state index >= 15 is 0 Å². The first kappa shape index (κ1) is 17.1. The van der Waals surface area contributed by atoms with Gasteiger partial charge in [0.05, 0.1) is 16.8 Å². The van der Waals surface area contributed by atoms with Crippen molar-refractivity contribution < 1.29 is 9.59 Å². The molecular weight excluding hydrogens is 362 g/mol. The number of amides is 2. The molecule has 0 radical (unpaired) electrons. The van der Waals surface area contributed by atoms with Crippen molar-refractivity contribution in [3.8, 4) is 16.8 Å². The van der Waals surface area contributed by atoms with Gasteiger partial charge in [0.2, 0.25) is 0 Å². The number of pyridine rings is 1. The van der Waals surface area contributed by atoms with Crippen LogP contribution in [-0.4, -0.2) is 22.6 Å². The van der Waals surface area contributed by atoms with Crippen LogP contribution < -0.4 is 16.6 Å². The number of thioether (sulfide) groups is 1. The largest absolute Gasteiger partial charge is 0.384 e. The van der Waals surface area contributed by atoms with Crippen LogP contribution in [0.4, 0.5) is 5.82 Å². The van der Waals surface area contributed by atoms with E-state index in [1.165, 1.54) is 9.46 Å². The Balaban J connectivity index is 1.77. The van der Waals surface area contributed by atoms with Crippen molar-refractivity contribution in [3.63, 3.8) is 0 Å². The van der Waals surface area contributed by atoms with Crippen molar-refractivity contribution >= 4 is 29.4 Å². The molecule has 134 valence electrons. The molecule has 0 atom stereocenters. The first-order valence-electron chi connectivity index (χ1n) is 8.15. The summed E-state index contributed by atoms with van der Waals surface area (Å²) in [5, 5.41) is 2.16. The lowest BCUT2D eigenvalue weighted by atomic mass is 10.1. The SMILES string of the molecule is CSc1ccc(-c2ccc(-n3c(N)c4c(cc3=O)C(=O)NC4=O)cc2)cc1. The van der Waals surface area contributed by atoms with Gasteiger partial charge >= 0.3 is 0 Å². The lowest BCUT2D eigenvalue weighted by Crippen LogP contribution is -2.24. The second kappa shape index (κ2) is 6.44. The molecule has 2 aromatic carbocycles. The summed E-state index contributed by atoms with van der Waals surface area (Å²) >= 11 is 1.68. The highest BCUT2D eigenvalue weighted by Gasteiger charge is 2.31. The smallest absolute Gasteiger partial charge is 0.262 e. The number of fused-ring (bicyclic) bond motifs is 1. The maximum atomic E-state index is 12.5. The maximum Gasteiger partial charge on any atom is 0.262 e. The van der Waals surface area contributed by atoms with E-state index in [9.17, 15) is 14.4 Å². The molecule has 0 saturated heterocycles. The number of hydrogen-bond acceptors (Lipinski definition) is 5. The Hall–Kier alpha value is -3.32. The third kappa shape index (κ3) is 2.82. The molecule has 1 aliphatic rings. The van der Waals surface area contributed by atoms with Gasteiger partial charge in [-0.3, -0.25) is 24.3 Å². The maximum absolute atomic E-state index is 12.5. The highest BCUT2D eigenvalue weighted by Crippen LogP contribution is 2.26. The Bertz CT molecular complexity index is 1130. The number of benzene rings is 2. The molecule has 1 aromatic heterocycles. The van der Waals surface area contributed by atoms with E-state index in [-0.39, 0.29) is 16.9 Å². The summed E-state index contributed by atoms with van der Waals surface area (Å²) < 4.78 is 1.23. The quantitative estimate of drug-likeness (QED) is 0.541. The first-order chi connectivity index (χ1) is 13.0. The van der Waals surface area contributed by atoms with Crippen molar-refractivity contribution in [2.45, 2.75) is 4.90 Å². The zero-order valence-electron chi connectivity index (χ0n) is 14.4. The molecule has 6 nitrogen and oxygen atoms in total. The van der Waals surface area contributed by atoms with Gasteiger partial charge in [-0.2, -0.15) is 0 Å². The molecule has 0 aliphatic carbocycles. The van der Waals surface area contributed by atoms with Crippen molar-refractivity contribution in [1.82, 2.24) is 9.88 Å². The third-order valence-corrected chi connectivity index (χ3v) is 5.25. The number of aromatic nitrogens is 1. The molecule has 2 heterocycles. The van der Waals surface area contributed by atoms with Crippen molar-refractivity contribution in [2.24, 2.45) is 0 Å². The van der Waals surface area contributed by atoms with Gasteiger partial charge in [-0.25, -0.2) is 0 Å². The molecule has 7 heteroatoms. The number of imide groups is 1. The number of nitrogens with one attached hydrogen (secondary N) is 1. The van der Waals surface area contributed by atoms with Crippen LogP contribution in [0.5, 0.6) is 0 Å². The summed E-state index contributed by atoms with van der Waals surface area (Å²) in [5.41, 5.74) is 8.21. The summed E-state index contributed by atoms with van der Waals surface area (Å²) in [4.78, 5) is 37.3. The summed E-state index contributed by atoms with van der Waals surface area (Å²) in [5.74, 6) is -1.24. The van der Waals surface area contributed by atoms with Crippen LogP contribution in [0.3, 0.4) is 0 Å². The Kier molecular flexibility index (Phi) is 4.08. The predicted molar refractivity (Wildman–Crippen MR) is 105 cm³/mol. The monoisotopic (exact) mass is 377 g/mol. The number of nitrogens with zero attached hydrogens (tertiary/aromatic N) is 1. The van der Waals surface area contributed by atoms with Gasteiger partial charge in [-0.1, -0.05) is 24.3 Å². The zero-order chi connectivity index (χ0) is 19.1. The fraction of sp³-hybridized carbons (Fsp3) is 0.0500. The molecule has 3 N–H and O–H groups in total. The van der Waals surface area contributed by atoms with Gasteiger partial charge in [-0.05, 0) is 41.6 Å². The van der Waals surface area contributed by atoms with E-state index in [2.05, 4.69) is 5.32 Å². The predicted octanol–water partition coefficient (Wildman–Crippen LogP) is 2.69. The number of nitrogens with two attached hydrogens (primary N) is 1. The van der Waals surface area contributed by atoms with Crippen LogP contribution in [0.15, 0.2) is 64.3 Å². The van der Waals surface area contributed by atoms with E-state index in [0.29, 0.717) is 5.69 Å². The molecule has 0 bridgehead atoms. The van der Waals surface area contributed by atoms with E-state index in [0.717, 1.165) is 17.2 Å². The normalized spacial score (nSPS) is 12.8. The number of rotatable bonds is 3. The van der Waals surface area contributed by atoms with Crippen LogP contribution in [0.2, 0.25) is 0 Å². The molecule has 0 fully saturated rings. The number of hydrogen-bond donors (Lipinski definition) is 2. The topological polar surface area (TPSA) is 94.2 Å². The molecule has 0 unspecified atom stereocenters. The van der Waals surface area contributed by atoms with Crippen LogP contribution in [0, 0.1) is 0 Å². The Morgan fingerprint density at radius 1 is 0.889 bits per heavy atom. The van der Waals surface area contributed by atoms with E-state index < -0.39 is 17.4 Å². The second-order valence-corrected chi connectivity index (χ2v) is 6.93. The molecule has 3 aromatic rings. The minimum Gasteiger partial charge on any atom is -0.384 e. The Morgan fingerprint density at radius 2 is 1.48 bits per heavy atom. The van der Waals surface area contributed by atoms with Crippen LogP contribution in [0.1, 0.15) is 20.7 Å². The van der Waals surface area contributed by atoms with E-state index in [1.807, 2.05) is 42.7 Å². The fourth-order valence-electron chi connectivity index (χ4n) is 3.13.